The van der Waals surface area contributed by atoms with Crippen LogP contribution in [-0.4, -0.2) is 40.0 Å². The summed E-state index contributed by atoms with van der Waals surface area (Å²) in [6, 6.07) is 15.8. The molecule has 0 bridgehead atoms. The second-order valence-corrected chi connectivity index (χ2v) is 5.90. The standard InChI is InChI=1S/C20H19N3O4/c1-13-18(22-23(21-13)16-7-5-4-6-8-16)20(25)27-14(2)19(24)15-9-11-17(26-3)12-10-15/h4-12,14H,1-3H3. The van der Waals surface area contributed by atoms with Crippen LogP contribution in [0.15, 0.2) is 54.6 Å². The van der Waals surface area contributed by atoms with E-state index in [0.717, 1.165) is 5.69 Å². The van der Waals surface area contributed by atoms with E-state index < -0.39 is 12.1 Å². The Bertz CT molecular complexity index is 949. The minimum Gasteiger partial charge on any atom is -0.497 e. The minimum absolute atomic E-state index is 0.0771. The first-order valence-corrected chi connectivity index (χ1v) is 8.38. The van der Waals surface area contributed by atoms with Crippen molar-refractivity contribution in [3.05, 3.63) is 71.5 Å². The maximum absolute atomic E-state index is 12.5. The molecule has 0 aliphatic rings. The van der Waals surface area contributed by atoms with E-state index in [1.165, 1.54) is 11.7 Å². The van der Waals surface area contributed by atoms with Gasteiger partial charge in [0.15, 0.2) is 11.8 Å². The van der Waals surface area contributed by atoms with E-state index >= 15 is 0 Å². The van der Waals surface area contributed by atoms with Gasteiger partial charge >= 0.3 is 5.97 Å². The average Bonchev–Trinajstić information content (AvgIpc) is 3.10. The van der Waals surface area contributed by atoms with Crippen molar-refractivity contribution >= 4 is 11.8 Å². The van der Waals surface area contributed by atoms with Crippen LogP contribution < -0.4 is 4.74 Å². The van der Waals surface area contributed by atoms with E-state index in [9.17, 15) is 9.59 Å². The third kappa shape index (κ3) is 4.03. The van der Waals surface area contributed by atoms with Gasteiger partial charge in [-0.25, -0.2) is 4.79 Å². The van der Waals surface area contributed by atoms with Gasteiger partial charge in [0.2, 0.25) is 5.78 Å². The number of esters is 1. The predicted octanol–water partition coefficient (Wildman–Crippen LogP) is 3.01. The number of ether oxygens (including phenoxy) is 2. The molecule has 0 radical (unpaired) electrons. The molecule has 0 aliphatic heterocycles. The van der Waals surface area contributed by atoms with Crippen LogP contribution in [-0.2, 0) is 4.74 Å². The van der Waals surface area contributed by atoms with Gasteiger partial charge in [0, 0.05) is 5.56 Å². The second-order valence-electron chi connectivity index (χ2n) is 5.90. The van der Waals surface area contributed by atoms with E-state index in [-0.39, 0.29) is 11.5 Å². The lowest BCUT2D eigenvalue weighted by Gasteiger charge is -2.11. The molecule has 0 saturated heterocycles. The van der Waals surface area contributed by atoms with Crippen LogP contribution in [0.25, 0.3) is 5.69 Å². The summed E-state index contributed by atoms with van der Waals surface area (Å²) < 4.78 is 10.4. The molecule has 1 unspecified atom stereocenters. The van der Waals surface area contributed by atoms with E-state index in [2.05, 4.69) is 10.2 Å². The number of hydrogen-bond acceptors (Lipinski definition) is 6. The Morgan fingerprint density at radius 2 is 1.67 bits per heavy atom. The Labute approximate surface area is 156 Å². The lowest BCUT2D eigenvalue weighted by molar-refractivity contribution is 0.0312. The van der Waals surface area contributed by atoms with Crippen molar-refractivity contribution in [1.82, 2.24) is 15.0 Å². The summed E-state index contributed by atoms with van der Waals surface area (Å²) in [5.74, 6) is -0.354. The topological polar surface area (TPSA) is 83.3 Å². The van der Waals surface area contributed by atoms with Crippen LogP contribution >= 0.6 is 0 Å². The van der Waals surface area contributed by atoms with Gasteiger partial charge in [-0.3, -0.25) is 4.79 Å². The summed E-state index contributed by atoms with van der Waals surface area (Å²) in [5, 5.41) is 8.43. The van der Waals surface area contributed by atoms with Crippen molar-refractivity contribution < 1.29 is 19.1 Å². The molecule has 7 nitrogen and oxygen atoms in total. The van der Waals surface area contributed by atoms with E-state index in [1.54, 1.807) is 38.3 Å². The molecule has 0 spiro atoms. The summed E-state index contributed by atoms with van der Waals surface area (Å²) in [5.41, 5.74) is 1.66. The van der Waals surface area contributed by atoms with Gasteiger partial charge in [-0.05, 0) is 50.2 Å². The highest BCUT2D eigenvalue weighted by Crippen LogP contribution is 2.15. The van der Waals surface area contributed by atoms with Crippen molar-refractivity contribution in [2.45, 2.75) is 20.0 Å². The van der Waals surface area contributed by atoms with Gasteiger partial charge in [-0.15, -0.1) is 5.10 Å². The zero-order valence-corrected chi connectivity index (χ0v) is 15.2. The number of benzene rings is 2. The Morgan fingerprint density at radius 3 is 2.30 bits per heavy atom. The molecule has 3 rings (SSSR count). The van der Waals surface area contributed by atoms with Crippen LogP contribution in [0.5, 0.6) is 5.75 Å². The van der Waals surface area contributed by atoms with Crippen molar-refractivity contribution in [3.8, 4) is 11.4 Å². The number of carbonyl (C=O) groups excluding carboxylic acids is 2. The second kappa shape index (κ2) is 7.82. The highest BCUT2D eigenvalue weighted by molar-refractivity contribution is 6.01. The molecule has 1 aromatic heterocycles. The molecule has 1 atom stereocenters. The third-order valence-corrected chi connectivity index (χ3v) is 3.99. The molecule has 0 aliphatic carbocycles. The SMILES string of the molecule is COc1ccc(C(=O)C(C)OC(=O)c2nn(-c3ccccc3)nc2C)cc1. The highest BCUT2D eigenvalue weighted by atomic mass is 16.5. The van der Waals surface area contributed by atoms with E-state index in [4.69, 9.17) is 9.47 Å². The largest absolute Gasteiger partial charge is 0.497 e. The van der Waals surface area contributed by atoms with Crippen LogP contribution in [0.1, 0.15) is 33.5 Å². The van der Waals surface area contributed by atoms with Crippen LogP contribution in [0, 0.1) is 6.92 Å². The molecule has 0 fully saturated rings. The number of rotatable bonds is 6. The Hall–Kier alpha value is -3.48. The summed E-state index contributed by atoms with van der Waals surface area (Å²) in [6.07, 6.45) is -0.952. The number of ketones is 1. The Kier molecular flexibility index (Phi) is 5.30. The summed E-state index contributed by atoms with van der Waals surface area (Å²) in [7, 11) is 1.55. The van der Waals surface area contributed by atoms with Crippen LogP contribution in [0.3, 0.4) is 0 Å². The third-order valence-electron chi connectivity index (χ3n) is 3.99. The molecule has 3 aromatic rings. The van der Waals surface area contributed by atoms with Gasteiger partial charge < -0.3 is 9.47 Å². The zero-order chi connectivity index (χ0) is 19.4. The fourth-order valence-corrected chi connectivity index (χ4v) is 2.50. The van der Waals surface area contributed by atoms with Crippen molar-refractivity contribution in [3.63, 3.8) is 0 Å². The number of nitrogens with zero attached hydrogens (tertiary/aromatic N) is 3. The number of para-hydroxylation sites is 1. The van der Waals surface area contributed by atoms with Crippen molar-refractivity contribution in [2.24, 2.45) is 0 Å². The quantitative estimate of drug-likeness (QED) is 0.493. The molecule has 0 N–H and O–H groups in total. The first-order valence-electron chi connectivity index (χ1n) is 8.38. The number of carbonyl (C=O) groups is 2. The smallest absolute Gasteiger partial charge is 0.361 e. The Morgan fingerprint density at radius 1 is 1.00 bits per heavy atom. The molecule has 2 aromatic carbocycles. The lowest BCUT2D eigenvalue weighted by atomic mass is 10.1. The fraction of sp³-hybridized carbons (Fsp3) is 0.200. The minimum atomic E-state index is -0.952. The highest BCUT2D eigenvalue weighted by Gasteiger charge is 2.24. The van der Waals surface area contributed by atoms with Gasteiger partial charge in [0.05, 0.1) is 18.5 Å². The molecule has 138 valence electrons. The molecule has 0 saturated carbocycles. The molecule has 7 heteroatoms. The maximum atomic E-state index is 12.5. The van der Waals surface area contributed by atoms with Gasteiger partial charge in [-0.1, -0.05) is 18.2 Å². The molecule has 1 heterocycles. The molecular formula is C20H19N3O4. The first kappa shape index (κ1) is 18.3. The summed E-state index contributed by atoms with van der Waals surface area (Å²) in [4.78, 5) is 26.3. The number of Topliss-reactive ketones (excluding diaryl/α,β-unsaturated/α-hetero) is 1. The monoisotopic (exact) mass is 365 g/mol. The predicted molar refractivity (Wildman–Crippen MR) is 98.3 cm³/mol. The lowest BCUT2D eigenvalue weighted by Crippen LogP contribution is -2.25. The van der Waals surface area contributed by atoms with Crippen molar-refractivity contribution in [1.29, 1.82) is 0 Å². The summed E-state index contributed by atoms with van der Waals surface area (Å²) >= 11 is 0. The van der Waals surface area contributed by atoms with Crippen LogP contribution in [0.2, 0.25) is 0 Å². The molecule has 27 heavy (non-hydrogen) atoms. The van der Waals surface area contributed by atoms with Crippen LogP contribution in [0.4, 0.5) is 0 Å². The molecular weight excluding hydrogens is 346 g/mol. The number of aryl methyl sites for hydroxylation is 1. The summed E-state index contributed by atoms with van der Waals surface area (Å²) in [6.45, 7) is 3.19. The normalized spacial score (nSPS) is 11.7. The number of methoxy groups -OCH3 is 1. The molecule has 0 amide bonds. The van der Waals surface area contributed by atoms with Gasteiger partial charge in [0.25, 0.3) is 0 Å². The number of hydrogen-bond donors (Lipinski definition) is 0. The maximum Gasteiger partial charge on any atom is 0.361 e. The fourth-order valence-electron chi connectivity index (χ4n) is 2.50. The average molecular weight is 365 g/mol. The zero-order valence-electron chi connectivity index (χ0n) is 15.2. The Balaban J connectivity index is 1.72. The van der Waals surface area contributed by atoms with Gasteiger partial charge in [0.1, 0.15) is 5.75 Å². The first-order chi connectivity index (χ1) is 13.0. The van der Waals surface area contributed by atoms with Crippen molar-refractivity contribution in [2.75, 3.05) is 7.11 Å². The van der Waals surface area contributed by atoms with E-state index in [0.29, 0.717) is 17.0 Å². The van der Waals surface area contributed by atoms with E-state index in [1.807, 2.05) is 30.3 Å². The van der Waals surface area contributed by atoms with Gasteiger partial charge in [-0.2, -0.15) is 9.90 Å². The number of aromatic nitrogens is 3.